The molecule has 98 valence electrons. The number of benzene rings is 2. The molecule has 0 radical (unpaired) electrons. The average molecular weight is 256 g/mol. The molecule has 19 heavy (non-hydrogen) atoms. The first-order chi connectivity index (χ1) is 9.15. The van der Waals surface area contributed by atoms with Crippen LogP contribution in [-0.4, -0.2) is 18.0 Å². The van der Waals surface area contributed by atoms with Gasteiger partial charge in [-0.1, -0.05) is 30.3 Å². The Kier molecular flexibility index (Phi) is 4.03. The minimum atomic E-state index is -0.440. The zero-order chi connectivity index (χ0) is 13.7. The molecule has 2 aromatic carbocycles. The molecule has 0 unspecified atom stereocenters. The lowest BCUT2D eigenvalue weighted by Gasteiger charge is -2.14. The first kappa shape index (κ1) is 13.0. The van der Waals surface area contributed by atoms with Crippen LogP contribution < -0.4 is 10.5 Å². The van der Waals surface area contributed by atoms with Gasteiger partial charge in [0, 0.05) is 13.6 Å². The molecule has 0 spiro atoms. The molecule has 2 amide bonds. The fourth-order valence-corrected chi connectivity index (χ4v) is 1.64. The number of ether oxygens (including phenoxy) is 1. The lowest BCUT2D eigenvalue weighted by Crippen LogP contribution is -2.31. The zero-order valence-electron chi connectivity index (χ0n) is 10.7. The van der Waals surface area contributed by atoms with Gasteiger partial charge < -0.3 is 15.4 Å². The van der Waals surface area contributed by atoms with E-state index < -0.39 is 6.03 Å². The summed E-state index contributed by atoms with van der Waals surface area (Å²) in [5, 5.41) is 0. The number of hydrogen-bond donors (Lipinski definition) is 1. The van der Waals surface area contributed by atoms with E-state index in [-0.39, 0.29) is 0 Å². The standard InChI is InChI=1S/C15H16N2O2/c1-17(15(16)18)11-12-7-9-14(10-8-12)19-13-5-3-2-4-6-13/h2-10H,11H2,1H3,(H2,16,18). The molecule has 0 saturated heterocycles. The highest BCUT2D eigenvalue weighted by atomic mass is 16.5. The van der Waals surface area contributed by atoms with Crippen molar-refractivity contribution in [2.45, 2.75) is 6.54 Å². The van der Waals surface area contributed by atoms with E-state index in [0.717, 1.165) is 17.1 Å². The number of para-hydroxylation sites is 1. The summed E-state index contributed by atoms with van der Waals surface area (Å²) in [7, 11) is 1.66. The Balaban J connectivity index is 2.01. The van der Waals surface area contributed by atoms with Crippen molar-refractivity contribution in [1.82, 2.24) is 4.90 Å². The summed E-state index contributed by atoms with van der Waals surface area (Å²) in [6.45, 7) is 0.487. The Labute approximate surface area is 112 Å². The van der Waals surface area contributed by atoms with E-state index in [1.165, 1.54) is 4.90 Å². The minimum Gasteiger partial charge on any atom is -0.457 e. The van der Waals surface area contributed by atoms with Gasteiger partial charge in [0.25, 0.3) is 0 Å². The van der Waals surface area contributed by atoms with Crippen molar-refractivity contribution in [2.75, 3.05) is 7.05 Å². The predicted molar refractivity (Wildman–Crippen MR) is 74.0 cm³/mol. The molecular weight excluding hydrogens is 240 g/mol. The fraction of sp³-hybridized carbons (Fsp3) is 0.133. The lowest BCUT2D eigenvalue weighted by molar-refractivity contribution is 0.216. The third kappa shape index (κ3) is 3.74. The van der Waals surface area contributed by atoms with E-state index in [1.807, 2.05) is 54.6 Å². The highest BCUT2D eigenvalue weighted by Gasteiger charge is 2.04. The van der Waals surface area contributed by atoms with Crippen LogP contribution in [0.3, 0.4) is 0 Å². The van der Waals surface area contributed by atoms with Crippen molar-refractivity contribution in [3.8, 4) is 11.5 Å². The summed E-state index contributed by atoms with van der Waals surface area (Å²) < 4.78 is 5.68. The van der Waals surface area contributed by atoms with Crippen LogP contribution in [0.1, 0.15) is 5.56 Å². The van der Waals surface area contributed by atoms with Gasteiger partial charge >= 0.3 is 6.03 Å². The molecule has 0 bridgehead atoms. The minimum absolute atomic E-state index is 0.440. The molecule has 0 aliphatic heterocycles. The van der Waals surface area contributed by atoms with E-state index in [1.54, 1.807) is 7.05 Å². The van der Waals surface area contributed by atoms with Crippen molar-refractivity contribution in [3.63, 3.8) is 0 Å². The third-order valence-electron chi connectivity index (χ3n) is 2.70. The first-order valence-corrected chi connectivity index (χ1v) is 5.97. The third-order valence-corrected chi connectivity index (χ3v) is 2.70. The zero-order valence-corrected chi connectivity index (χ0v) is 10.7. The van der Waals surface area contributed by atoms with Gasteiger partial charge in [-0.2, -0.15) is 0 Å². The average Bonchev–Trinajstić information content (AvgIpc) is 2.42. The van der Waals surface area contributed by atoms with E-state index in [4.69, 9.17) is 10.5 Å². The Hall–Kier alpha value is -2.49. The molecule has 2 aromatic rings. The molecule has 0 aliphatic carbocycles. The van der Waals surface area contributed by atoms with Crippen LogP contribution in [-0.2, 0) is 6.54 Å². The van der Waals surface area contributed by atoms with Crippen LogP contribution in [0.25, 0.3) is 0 Å². The number of carbonyl (C=O) groups excluding carboxylic acids is 1. The molecule has 0 atom stereocenters. The van der Waals surface area contributed by atoms with Crippen LogP contribution in [0.15, 0.2) is 54.6 Å². The number of carbonyl (C=O) groups is 1. The molecule has 4 heteroatoms. The number of amides is 2. The van der Waals surface area contributed by atoms with Crippen molar-refractivity contribution >= 4 is 6.03 Å². The van der Waals surface area contributed by atoms with Gasteiger partial charge in [-0.15, -0.1) is 0 Å². The summed E-state index contributed by atoms with van der Waals surface area (Å²) in [5.41, 5.74) is 6.18. The summed E-state index contributed by atoms with van der Waals surface area (Å²) in [6, 6.07) is 16.7. The highest BCUT2D eigenvalue weighted by molar-refractivity contribution is 5.71. The summed E-state index contributed by atoms with van der Waals surface area (Å²) in [6.07, 6.45) is 0. The van der Waals surface area contributed by atoms with E-state index >= 15 is 0 Å². The Morgan fingerprint density at radius 2 is 1.63 bits per heavy atom. The van der Waals surface area contributed by atoms with Gasteiger partial charge in [-0.3, -0.25) is 0 Å². The number of primary amides is 1. The molecule has 0 fully saturated rings. The second-order valence-electron chi connectivity index (χ2n) is 4.25. The topological polar surface area (TPSA) is 55.6 Å². The van der Waals surface area contributed by atoms with Crippen molar-refractivity contribution in [2.24, 2.45) is 5.73 Å². The van der Waals surface area contributed by atoms with Crippen molar-refractivity contribution in [3.05, 3.63) is 60.2 Å². The highest BCUT2D eigenvalue weighted by Crippen LogP contribution is 2.21. The van der Waals surface area contributed by atoms with Gasteiger partial charge in [-0.05, 0) is 29.8 Å². The van der Waals surface area contributed by atoms with Crippen LogP contribution in [0.5, 0.6) is 11.5 Å². The first-order valence-electron chi connectivity index (χ1n) is 5.97. The maximum Gasteiger partial charge on any atom is 0.314 e. The van der Waals surface area contributed by atoms with Gasteiger partial charge in [0.1, 0.15) is 11.5 Å². The number of rotatable bonds is 4. The Morgan fingerprint density at radius 3 is 2.21 bits per heavy atom. The summed E-state index contributed by atoms with van der Waals surface area (Å²) in [4.78, 5) is 12.4. The summed E-state index contributed by atoms with van der Waals surface area (Å²) >= 11 is 0. The molecule has 0 heterocycles. The van der Waals surface area contributed by atoms with Gasteiger partial charge in [0.15, 0.2) is 0 Å². The summed E-state index contributed by atoms with van der Waals surface area (Å²) in [5.74, 6) is 1.56. The Bertz CT molecular complexity index is 538. The van der Waals surface area contributed by atoms with Gasteiger partial charge in [-0.25, -0.2) is 4.79 Å². The van der Waals surface area contributed by atoms with Gasteiger partial charge in [0.2, 0.25) is 0 Å². The number of nitrogens with two attached hydrogens (primary N) is 1. The SMILES string of the molecule is CN(Cc1ccc(Oc2ccccc2)cc1)C(N)=O. The van der Waals surface area contributed by atoms with Crippen LogP contribution in [0.4, 0.5) is 4.79 Å². The quantitative estimate of drug-likeness (QED) is 0.914. The molecule has 2 rings (SSSR count). The molecule has 2 N–H and O–H groups in total. The van der Waals surface area contributed by atoms with Crippen LogP contribution in [0, 0.1) is 0 Å². The molecule has 4 nitrogen and oxygen atoms in total. The largest absolute Gasteiger partial charge is 0.457 e. The van der Waals surface area contributed by atoms with Crippen LogP contribution in [0.2, 0.25) is 0 Å². The molecular formula is C15H16N2O2. The number of urea groups is 1. The van der Waals surface area contributed by atoms with E-state index in [9.17, 15) is 4.79 Å². The normalized spacial score (nSPS) is 9.95. The second-order valence-corrected chi connectivity index (χ2v) is 4.25. The lowest BCUT2D eigenvalue weighted by atomic mass is 10.2. The molecule has 0 aliphatic rings. The number of nitrogens with zero attached hydrogens (tertiary/aromatic N) is 1. The fourth-order valence-electron chi connectivity index (χ4n) is 1.64. The smallest absolute Gasteiger partial charge is 0.314 e. The molecule has 0 saturated carbocycles. The predicted octanol–water partition coefficient (Wildman–Crippen LogP) is 2.99. The van der Waals surface area contributed by atoms with Gasteiger partial charge in [0.05, 0.1) is 0 Å². The van der Waals surface area contributed by atoms with Crippen molar-refractivity contribution in [1.29, 1.82) is 0 Å². The van der Waals surface area contributed by atoms with E-state index in [2.05, 4.69) is 0 Å². The maximum absolute atomic E-state index is 10.9. The monoisotopic (exact) mass is 256 g/mol. The molecule has 0 aromatic heterocycles. The number of hydrogen-bond acceptors (Lipinski definition) is 2. The van der Waals surface area contributed by atoms with Crippen LogP contribution >= 0.6 is 0 Å². The maximum atomic E-state index is 10.9. The van der Waals surface area contributed by atoms with Crippen molar-refractivity contribution < 1.29 is 9.53 Å². The van der Waals surface area contributed by atoms with E-state index in [0.29, 0.717) is 6.54 Å². The second kappa shape index (κ2) is 5.91. The Morgan fingerprint density at radius 1 is 1.05 bits per heavy atom.